The highest BCUT2D eigenvalue weighted by molar-refractivity contribution is 5.74. The standard InChI is InChI=1S/C30H44F2N4O4/c1-33-17-24(16-30-14-19-10-20(15-30)12-22(30)11-19)35-28(37)36-8-3-4-21(18-36)27(40-9-7-34-29(38)39-2)25-13-23(31)5-6-26(25)32/h5-6,13,19-22,24,27,33H,3-4,7-12,14-18H2,1-2H3,(H,34,38)(H,35,37). The van der Waals surface area contributed by atoms with E-state index in [1.807, 2.05) is 7.05 Å². The molecular formula is C30H44F2N4O4. The van der Waals surface area contributed by atoms with E-state index >= 15 is 0 Å². The third-order valence-corrected chi connectivity index (χ3v) is 9.88. The Balaban J connectivity index is 1.24. The number of carbonyl (C=O) groups excluding carboxylic acids is 2. The van der Waals surface area contributed by atoms with Gasteiger partial charge in [0.25, 0.3) is 0 Å². The van der Waals surface area contributed by atoms with Crippen LogP contribution in [-0.2, 0) is 9.47 Å². The zero-order valence-corrected chi connectivity index (χ0v) is 23.7. The van der Waals surface area contributed by atoms with Gasteiger partial charge in [-0.3, -0.25) is 0 Å². The summed E-state index contributed by atoms with van der Waals surface area (Å²) < 4.78 is 39.7. The van der Waals surface area contributed by atoms with Gasteiger partial charge in [-0.2, -0.15) is 0 Å². The minimum atomic E-state index is -0.762. The Bertz CT molecular complexity index is 1040. The molecule has 0 aromatic heterocycles. The number of halogens is 2. The first-order chi connectivity index (χ1) is 19.3. The van der Waals surface area contributed by atoms with Gasteiger partial charge < -0.3 is 30.3 Å². The van der Waals surface area contributed by atoms with Gasteiger partial charge in [0.1, 0.15) is 11.6 Å². The van der Waals surface area contributed by atoms with Crippen LogP contribution in [0.25, 0.3) is 0 Å². The van der Waals surface area contributed by atoms with Crippen LogP contribution in [0.2, 0.25) is 0 Å². The molecule has 8 nitrogen and oxygen atoms in total. The Morgan fingerprint density at radius 2 is 1.95 bits per heavy atom. The summed E-state index contributed by atoms with van der Waals surface area (Å²) in [5, 5.41) is 9.16. The Kier molecular flexibility index (Phi) is 9.14. The molecule has 4 saturated carbocycles. The van der Waals surface area contributed by atoms with Crippen LogP contribution < -0.4 is 16.0 Å². The van der Waals surface area contributed by atoms with Crippen LogP contribution in [0.15, 0.2) is 18.2 Å². The molecule has 5 aliphatic rings. The van der Waals surface area contributed by atoms with Gasteiger partial charge in [0.05, 0.1) is 19.8 Å². The van der Waals surface area contributed by atoms with Crippen molar-refractivity contribution in [2.45, 2.75) is 63.5 Å². The zero-order chi connectivity index (χ0) is 28.3. The number of carbonyl (C=O) groups is 2. The fourth-order valence-electron chi connectivity index (χ4n) is 8.54. The van der Waals surface area contributed by atoms with E-state index in [1.165, 1.54) is 45.3 Å². The molecular weight excluding hydrogens is 518 g/mol. The van der Waals surface area contributed by atoms with E-state index in [0.717, 1.165) is 49.3 Å². The molecule has 4 aliphatic carbocycles. The summed E-state index contributed by atoms with van der Waals surface area (Å²) in [6.07, 6.45) is 7.83. The lowest BCUT2D eigenvalue weighted by Gasteiger charge is -2.39. The van der Waals surface area contributed by atoms with Crippen molar-refractivity contribution in [2.75, 3.05) is 46.9 Å². The largest absolute Gasteiger partial charge is 0.453 e. The third kappa shape index (κ3) is 6.38. The van der Waals surface area contributed by atoms with Gasteiger partial charge in [-0.05, 0) is 99.8 Å². The SMILES string of the molecule is CNCC(CC12CC3CC(CC1C3)C2)NC(=O)N1CCCC(C(OCCNC(=O)OC)c2cc(F)ccc2F)C1. The van der Waals surface area contributed by atoms with Crippen molar-refractivity contribution in [1.82, 2.24) is 20.9 Å². The molecule has 3 amide bonds. The number of methoxy groups -OCH3 is 1. The van der Waals surface area contributed by atoms with E-state index in [-0.39, 0.29) is 36.7 Å². The van der Waals surface area contributed by atoms with Gasteiger partial charge in [0.2, 0.25) is 0 Å². The van der Waals surface area contributed by atoms with E-state index in [9.17, 15) is 18.4 Å². The molecule has 1 aliphatic heterocycles. The fourth-order valence-corrected chi connectivity index (χ4v) is 8.54. The summed E-state index contributed by atoms with van der Waals surface area (Å²) in [6.45, 7) is 1.96. The Hall–Kier alpha value is -2.46. The lowest BCUT2D eigenvalue weighted by molar-refractivity contribution is -0.0108. The second kappa shape index (κ2) is 12.6. The summed E-state index contributed by atoms with van der Waals surface area (Å²) >= 11 is 0. The predicted molar refractivity (Wildman–Crippen MR) is 147 cm³/mol. The molecule has 0 spiro atoms. The first-order valence-electron chi connectivity index (χ1n) is 14.9. The number of likely N-dealkylation sites (tertiary alicyclic amines) is 1. The van der Waals surface area contributed by atoms with Gasteiger partial charge in [0.15, 0.2) is 0 Å². The Labute approximate surface area is 235 Å². The van der Waals surface area contributed by atoms with Gasteiger partial charge >= 0.3 is 12.1 Å². The van der Waals surface area contributed by atoms with Crippen molar-refractivity contribution in [3.8, 4) is 0 Å². The van der Waals surface area contributed by atoms with Crippen LogP contribution in [0, 0.1) is 40.7 Å². The van der Waals surface area contributed by atoms with Crippen LogP contribution >= 0.6 is 0 Å². The van der Waals surface area contributed by atoms with Crippen molar-refractivity contribution in [2.24, 2.45) is 29.1 Å². The molecule has 5 unspecified atom stereocenters. The minimum absolute atomic E-state index is 0.0492. The Morgan fingerprint density at radius 1 is 1.18 bits per heavy atom. The normalized spacial score (nSPS) is 30.2. The number of nitrogens with one attached hydrogen (secondary N) is 3. The maximum absolute atomic E-state index is 14.9. The first-order valence-corrected chi connectivity index (χ1v) is 14.9. The lowest BCUT2D eigenvalue weighted by Crippen LogP contribution is -2.52. The van der Waals surface area contributed by atoms with E-state index < -0.39 is 23.8 Å². The summed E-state index contributed by atoms with van der Waals surface area (Å²) in [5.41, 5.74) is 0.503. The van der Waals surface area contributed by atoms with Crippen LogP contribution in [0.3, 0.4) is 0 Å². The van der Waals surface area contributed by atoms with Crippen molar-refractivity contribution >= 4 is 12.1 Å². The number of urea groups is 1. The number of likely N-dealkylation sites (N-methyl/N-ethyl adjacent to an activating group) is 1. The molecule has 0 radical (unpaired) electrons. The molecule has 3 N–H and O–H groups in total. The van der Waals surface area contributed by atoms with E-state index in [0.29, 0.717) is 24.9 Å². The number of hydrogen-bond acceptors (Lipinski definition) is 5. The van der Waals surface area contributed by atoms with Gasteiger partial charge in [0, 0.05) is 43.7 Å². The van der Waals surface area contributed by atoms with Crippen molar-refractivity contribution in [3.63, 3.8) is 0 Å². The van der Waals surface area contributed by atoms with Crippen LogP contribution in [0.5, 0.6) is 0 Å². The number of nitrogens with zero attached hydrogens (tertiary/aromatic N) is 1. The molecule has 10 heteroatoms. The topological polar surface area (TPSA) is 91.9 Å². The molecule has 1 aromatic rings. The van der Waals surface area contributed by atoms with E-state index in [1.54, 1.807) is 4.90 Å². The third-order valence-electron chi connectivity index (χ3n) is 9.88. The molecule has 5 fully saturated rings. The molecule has 222 valence electrons. The average Bonchev–Trinajstić information content (AvgIpc) is 3.32. The number of hydrogen-bond donors (Lipinski definition) is 3. The molecule has 4 bridgehead atoms. The second-order valence-electron chi connectivity index (χ2n) is 12.5. The summed E-state index contributed by atoms with van der Waals surface area (Å²) in [7, 11) is 3.20. The maximum Gasteiger partial charge on any atom is 0.406 e. The lowest BCUT2D eigenvalue weighted by atomic mass is 9.72. The molecule has 1 aromatic carbocycles. The maximum atomic E-state index is 14.9. The number of amides is 3. The number of piperidine rings is 1. The summed E-state index contributed by atoms with van der Waals surface area (Å²) in [6, 6.07) is 3.29. The fraction of sp³-hybridized carbons (Fsp3) is 0.733. The van der Waals surface area contributed by atoms with Crippen LogP contribution in [0.4, 0.5) is 18.4 Å². The van der Waals surface area contributed by atoms with E-state index in [2.05, 4.69) is 20.7 Å². The number of alkyl carbamates (subject to hydrolysis) is 1. The molecule has 40 heavy (non-hydrogen) atoms. The molecule has 1 heterocycles. The first kappa shape index (κ1) is 29.0. The summed E-state index contributed by atoms with van der Waals surface area (Å²) in [5.74, 6) is 1.22. The number of ether oxygens (including phenoxy) is 2. The Morgan fingerprint density at radius 3 is 2.67 bits per heavy atom. The molecule has 1 saturated heterocycles. The number of benzene rings is 1. The second-order valence-corrected chi connectivity index (χ2v) is 12.5. The summed E-state index contributed by atoms with van der Waals surface area (Å²) in [4.78, 5) is 26.8. The smallest absolute Gasteiger partial charge is 0.406 e. The minimum Gasteiger partial charge on any atom is -0.453 e. The zero-order valence-electron chi connectivity index (χ0n) is 23.7. The number of rotatable bonds is 11. The average molecular weight is 563 g/mol. The predicted octanol–water partition coefficient (Wildman–Crippen LogP) is 4.60. The van der Waals surface area contributed by atoms with Crippen molar-refractivity contribution in [1.29, 1.82) is 0 Å². The highest BCUT2D eigenvalue weighted by Gasteiger charge is 2.57. The quantitative estimate of drug-likeness (QED) is 0.343. The van der Waals surface area contributed by atoms with Crippen molar-refractivity contribution in [3.05, 3.63) is 35.4 Å². The highest BCUT2D eigenvalue weighted by atomic mass is 19.1. The molecule has 5 atom stereocenters. The van der Waals surface area contributed by atoms with Crippen molar-refractivity contribution < 1.29 is 27.8 Å². The van der Waals surface area contributed by atoms with Gasteiger partial charge in [-0.1, -0.05) is 0 Å². The van der Waals surface area contributed by atoms with Gasteiger partial charge in [-0.25, -0.2) is 18.4 Å². The van der Waals surface area contributed by atoms with Crippen LogP contribution in [0.1, 0.15) is 63.0 Å². The molecule has 6 rings (SSSR count). The monoisotopic (exact) mass is 562 g/mol. The van der Waals surface area contributed by atoms with Gasteiger partial charge in [-0.15, -0.1) is 0 Å². The van der Waals surface area contributed by atoms with E-state index in [4.69, 9.17) is 4.74 Å². The van der Waals surface area contributed by atoms with Crippen LogP contribution in [-0.4, -0.2) is 70.0 Å². The highest BCUT2D eigenvalue weighted by Crippen LogP contribution is 2.67.